The summed E-state index contributed by atoms with van der Waals surface area (Å²) in [5.41, 5.74) is 1.47. The minimum atomic E-state index is -0.672. The van der Waals surface area contributed by atoms with E-state index in [1.807, 2.05) is 12.1 Å². The van der Waals surface area contributed by atoms with Gasteiger partial charge in [0.1, 0.15) is 0 Å². The highest BCUT2D eigenvalue weighted by atomic mass is 16.5. The van der Waals surface area contributed by atoms with Gasteiger partial charge in [0.25, 0.3) is 0 Å². The van der Waals surface area contributed by atoms with E-state index in [9.17, 15) is 9.90 Å². The number of hydrogen-bond acceptors (Lipinski definition) is 3. The Morgan fingerprint density at radius 3 is 2.25 bits per heavy atom. The lowest BCUT2D eigenvalue weighted by Gasteiger charge is -2.30. The van der Waals surface area contributed by atoms with Crippen molar-refractivity contribution in [3.05, 3.63) is 29.8 Å². The van der Waals surface area contributed by atoms with Gasteiger partial charge in [0, 0.05) is 18.8 Å². The number of morpholine rings is 1. The van der Waals surface area contributed by atoms with Crippen LogP contribution in [0.2, 0.25) is 0 Å². The Kier molecular flexibility index (Phi) is 3.66. The van der Waals surface area contributed by atoms with Crippen LogP contribution in [0.15, 0.2) is 24.3 Å². The molecule has 0 unspecified atom stereocenters. The minimum Gasteiger partial charge on any atom is -0.481 e. The van der Waals surface area contributed by atoms with E-state index in [1.165, 1.54) is 0 Å². The molecule has 0 bridgehead atoms. The standard InChI is InChI=1S/C16H21NO3/c18-15(19)16(7-1-2-8-16)13-3-5-14(6-4-13)17-9-11-20-12-10-17/h3-6H,1-2,7-12H2,(H,18,19). The zero-order valence-corrected chi connectivity index (χ0v) is 11.7. The molecule has 1 N–H and O–H groups in total. The molecule has 1 saturated heterocycles. The summed E-state index contributed by atoms with van der Waals surface area (Å²) >= 11 is 0. The van der Waals surface area contributed by atoms with Crippen LogP contribution < -0.4 is 4.90 Å². The number of nitrogens with zero attached hydrogens (tertiary/aromatic N) is 1. The molecule has 1 aromatic rings. The topological polar surface area (TPSA) is 49.8 Å². The van der Waals surface area contributed by atoms with Gasteiger partial charge < -0.3 is 14.7 Å². The molecule has 4 heteroatoms. The molecule has 0 spiro atoms. The molecule has 20 heavy (non-hydrogen) atoms. The molecule has 2 aliphatic rings. The average molecular weight is 275 g/mol. The van der Waals surface area contributed by atoms with Crippen molar-refractivity contribution >= 4 is 11.7 Å². The molecule has 1 saturated carbocycles. The largest absolute Gasteiger partial charge is 0.481 e. The minimum absolute atomic E-state index is 0.649. The third-order valence-corrected chi connectivity index (χ3v) is 4.66. The van der Waals surface area contributed by atoms with Crippen LogP contribution in [-0.4, -0.2) is 37.4 Å². The summed E-state index contributed by atoms with van der Waals surface area (Å²) in [5, 5.41) is 9.61. The second-order valence-electron chi connectivity index (χ2n) is 5.74. The Balaban J connectivity index is 1.83. The van der Waals surface area contributed by atoms with Crippen LogP contribution >= 0.6 is 0 Å². The van der Waals surface area contributed by atoms with E-state index in [4.69, 9.17) is 4.74 Å². The normalized spacial score (nSPS) is 21.9. The van der Waals surface area contributed by atoms with Crippen LogP contribution in [0.5, 0.6) is 0 Å². The van der Waals surface area contributed by atoms with E-state index in [-0.39, 0.29) is 0 Å². The van der Waals surface area contributed by atoms with Crippen molar-refractivity contribution in [2.45, 2.75) is 31.1 Å². The molecule has 0 aromatic heterocycles. The molecule has 0 amide bonds. The van der Waals surface area contributed by atoms with Crippen LogP contribution in [0.25, 0.3) is 0 Å². The van der Waals surface area contributed by atoms with E-state index < -0.39 is 11.4 Å². The maximum Gasteiger partial charge on any atom is 0.314 e. The van der Waals surface area contributed by atoms with Crippen molar-refractivity contribution in [2.75, 3.05) is 31.2 Å². The summed E-state index contributed by atoms with van der Waals surface area (Å²) in [7, 11) is 0. The third kappa shape index (κ3) is 2.29. The lowest BCUT2D eigenvalue weighted by molar-refractivity contribution is -0.143. The fraction of sp³-hybridized carbons (Fsp3) is 0.562. The smallest absolute Gasteiger partial charge is 0.314 e. The second-order valence-corrected chi connectivity index (χ2v) is 5.74. The molecule has 3 rings (SSSR count). The molecule has 1 aliphatic carbocycles. The summed E-state index contributed by atoms with van der Waals surface area (Å²) in [6.45, 7) is 3.34. The fourth-order valence-corrected chi connectivity index (χ4v) is 3.42. The fourth-order valence-electron chi connectivity index (χ4n) is 3.42. The van der Waals surface area contributed by atoms with Crippen molar-refractivity contribution in [2.24, 2.45) is 0 Å². The lowest BCUT2D eigenvalue weighted by Crippen LogP contribution is -2.36. The molecule has 108 valence electrons. The predicted octanol–water partition coefficient (Wildman–Crippen LogP) is 2.42. The SMILES string of the molecule is O=C(O)C1(c2ccc(N3CCOCC3)cc2)CCCC1. The quantitative estimate of drug-likeness (QED) is 0.920. The Labute approximate surface area is 119 Å². The van der Waals surface area contributed by atoms with Crippen LogP contribution in [0.4, 0.5) is 5.69 Å². The lowest BCUT2D eigenvalue weighted by atomic mass is 9.79. The number of carboxylic acid groups (broad SMARTS) is 1. The number of ether oxygens (including phenoxy) is 1. The number of anilines is 1. The van der Waals surface area contributed by atoms with Gasteiger partial charge >= 0.3 is 5.97 Å². The van der Waals surface area contributed by atoms with E-state index in [2.05, 4.69) is 17.0 Å². The highest BCUT2D eigenvalue weighted by Gasteiger charge is 2.42. The number of hydrogen-bond donors (Lipinski definition) is 1. The zero-order valence-electron chi connectivity index (χ0n) is 11.7. The van der Waals surface area contributed by atoms with Gasteiger partial charge in [-0.05, 0) is 30.5 Å². The first kappa shape index (κ1) is 13.4. The summed E-state index contributed by atoms with van der Waals surface area (Å²) in [4.78, 5) is 14.0. The van der Waals surface area contributed by atoms with Crippen molar-refractivity contribution in [3.63, 3.8) is 0 Å². The van der Waals surface area contributed by atoms with Crippen LogP contribution in [0, 0.1) is 0 Å². The van der Waals surface area contributed by atoms with Crippen LogP contribution in [-0.2, 0) is 14.9 Å². The highest BCUT2D eigenvalue weighted by molar-refractivity contribution is 5.82. The molecule has 2 fully saturated rings. The van der Waals surface area contributed by atoms with Crippen molar-refractivity contribution in [1.29, 1.82) is 0 Å². The summed E-state index contributed by atoms with van der Waals surface area (Å²) < 4.78 is 5.35. The maximum atomic E-state index is 11.7. The average Bonchev–Trinajstić information content (AvgIpc) is 2.99. The highest BCUT2D eigenvalue weighted by Crippen LogP contribution is 2.41. The molecule has 0 atom stereocenters. The molecule has 4 nitrogen and oxygen atoms in total. The molecule has 1 aromatic carbocycles. The van der Waals surface area contributed by atoms with Gasteiger partial charge in [-0.15, -0.1) is 0 Å². The number of aliphatic carboxylic acids is 1. The van der Waals surface area contributed by atoms with E-state index in [0.29, 0.717) is 0 Å². The first-order valence-corrected chi connectivity index (χ1v) is 7.39. The molecule has 0 radical (unpaired) electrons. The van der Waals surface area contributed by atoms with Gasteiger partial charge in [0.2, 0.25) is 0 Å². The van der Waals surface area contributed by atoms with Gasteiger partial charge in [0.05, 0.1) is 18.6 Å². The van der Waals surface area contributed by atoms with Crippen LogP contribution in [0.1, 0.15) is 31.2 Å². The molecule has 1 heterocycles. The summed E-state index contributed by atoms with van der Waals surface area (Å²) in [6.07, 6.45) is 3.55. The Bertz CT molecular complexity index is 471. The van der Waals surface area contributed by atoms with E-state index in [1.54, 1.807) is 0 Å². The number of rotatable bonds is 3. The van der Waals surface area contributed by atoms with Gasteiger partial charge in [0.15, 0.2) is 0 Å². The first-order valence-electron chi connectivity index (χ1n) is 7.39. The monoisotopic (exact) mass is 275 g/mol. The van der Waals surface area contributed by atoms with Gasteiger partial charge in [-0.25, -0.2) is 0 Å². The number of carboxylic acids is 1. The van der Waals surface area contributed by atoms with Crippen LogP contribution in [0.3, 0.4) is 0 Å². The molecular formula is C16H21NO3. The maximum absolute atomic E-state index is 11.7. The van der Waals surface area contributed by atoms with Crippen molar-refractivity contribution in [3.8, 4) is 0 Å². The van der Waals surface area contributed by atoms with E-state index >= 15 is 0 Å². The second kappa shape index (κ2) is 5.44. The third-order valence-electron chi connectivity index (χ3n) is 4.66. The van der Waals surface area contributed by atoms with Gasteiger partial charge in [-0.1, -0.05) is 25.0 Å². The summed E-state index contributed by atoms with van der Waals surface area (Å²) in [5.74, 6) is -0.672. The zero-order chi connectivity index (χ0) is 14.0. The first-order chi connectivity index (χ1) is 9.72. The Morgan fingerprint density at radius 2 is 1.70 bits per heavy atom. The Hall–Kier alpha value is -1.55. The number of benzene rings is 1. The van der Waals surface area contributed by atoms with Gasteiger partial charge in [-0.3, -0.25) is 4.79 Å². The van der Waals surface area contributed by atoms with E-state index in [0.717, 1.165) is 63.2 Å². The Morgan fingerprint density at radius 1 is 1.10 bits per heavy atom. The molecule has 1 aliphatic heterocycles. The number of carbonyl (C=O) groups is 1. The summed E-state index contributed by atoms with van der Waals surface area (Å²) in [6, 6.07) is 8.13. The van der Waals surface area contributed by atoms with Crippen molar-refractivity contribution < 1.29 is 14.6 Å². The van der Waals surface area contributed by atoms with Crippen molar-refractivity contribution in [1.82, 2.24) is 0 Å². The molecular weight excluding hydrogens is 254 g/mol. The predicted molar refractivity (Wildman–Crippen MR) is 77.3 cm³/mol. The van der Waals surface area contributed by atoms with Gasteiger partial charge in [-0.2, -0.15) is 0 Å².